The summed E-state index contributed by atoms with van der Waals surface area (Å²) in [4.78, 5) is 19.6. The molecule has 0 radical (unpaired) electrons. The zero-order valence-corrected chi connectivity index (χ0v) is 13.6. The van der Waals surface area contributed by atoms with E-state index in [1.54, 1.807) is 4.90 Å². The zero-order valence-electron chi connectivity index (χ0n) is 13.6. The predicted octanol–water partition coefficient (Wildman–Crippen LogP) is 2.09. The molecule has 126 valence electrons. The molecule has 1 aromatic heterocycles. The second kappa shape index (κ2) is 5.47. The first-order valence-electron chi connectivity index (χ1n) is 8.57. The lowest BCUT2D eigenvalue weighted by Crippen LogP contribution is -2.54. The SMILES string of the molecule is Cc1noc(C2CCN(C3CC4(CCN(C(=O)O)C4)C3)CC2)n1. The number of nitrogens with zero attached hydrogens (tertiary/aromatic N) is 4. The molecule has 2 saturated heterocycles. The van der Waals surface area contributed by atoms with Gasteiger partial charge in [-0.25, -0.2) is 4.79 Å². The molecule has 1 N–H and O–H groups in total. The smallest absolute Gasteiger partial charge is 0.407 e. The number of carboxylic acid groups (broad SMARTS) is 1. The first-order chi connectivity index (χ1) is 11.0. The van der Waals surface area contributed by atoms with E-state index < -0.39 is 6.09 Å². The van der Waals surface area contributed by atoms with Crippen molar-refractivity contribution >= 4 is 6.09 Å². The van der Waals surface area contributed by atoms with Gasteiger partial charge in [-0.2, -0.15) is 4.98 Å². The van der Waals surface area contributed by atoms with E-state index in [9.17, 15) is 4.79 Å². The Labute approximate surface area is 135 Å². The third-order valence-corrected chi connectivity index (χ3v) is 5.98. The number of aromatic nitrogens is 2. The van der Waals surface area contributed by atoms with Crippen LogP contribution in [0.2, 0.25) is 0 Å². The van der Waals surface area contributed by atoms with E-state index >= 15 is 0 Å². The van der Waals surface area contributed by atoms with Crippen LogP contribution in [-0.4, -0.2) is 63.4 Å². The normalized spacial score (nSPS) is 32.4. The molecule has 1 aromatic rings. The van der Waals surface area contributed by atoms with Gasteiger partial charge in [-0.15, -0.1) is 0 Å². The molecule has 1 saturated carbocycles. The number of hydrogen-bond acceptors (Lipinski definition) is 5. The molecule has 7 nitrogen and oxygen atoms in total. The number of amides is 1. The van der Waals surface area contributed by atoms with E-state index in [0.29, 0.717) is 24.3 Å². The predicted molar refractivity (Wildman–Crippen MR) is 82.3 cm³/mol. The Kier molecular flexibility index (Phi) is 3.55. The summed E-state index contributed by atoms with van der Waals surface area (Å²) >= 11 is 0. The van der Waals surface area contributed by atoms with Crippen molar-refractivity contribution in [3.8, 4) is 0 Å². The maximum atomic E-state index is 11.1. The van der Waals surface area contributed by atoms with Crippen LogP contribution in [0.4, 0.5) is 4.79 Å². The molecule has 3 aliphatic rings. The zero-order chi connectivity index (χ0) is 16.0. The van der Waals surface area contributed by atoms with Crippen LogP contribution < -0.4 is 0 Å². The van der Waals surface area contributed by atoms with Gasteiger partial charge >= 0.3 is 6.09 Å². The lowest BCUT2D eigenvalue weighted by Gasteiger charge is -2.51. The van der Waals surface area contributed by atoms with Crippen LogP contribution in [0.1, 0.15) is 49.7 Å². The van der Waals surface area contributed by atoms with Crippen LogP contribution in [0, 0.1) is 12.3 Å². The molecule has 1 amide bonds. The number of carbonyl (C=O) groups is 1. The van der Waals surface area contributed by atoms with Crippen molar-refractivity contribution in [1.29, 1.82) is 0 Å². The lowest BCUT2D eigenvalue weighted by atomic mass is 9.64. The number of piperidine rings is 1. The van der Waals surface area contributed by atoms with E-state index in [1.165, 1.54) is 0 Å². The van der Waals surface area contributed by atoms with Crippen LogP contribution in [0.3, 0.4) is 0 Å². The molecule has 3 fully saturated rings. The minimum Gasteiger partial charge on any atom is -0.465 e. The highest BCUT2D eigenvalue weighted by Gasteiger charge is 2.51. The van der Waals surface area contributed by atoms with E-state index in [2.05, 4.69) is 15.0 Å². The van der Waals surface area contributed by atoms with Gasteiger partial charge in [0.1, 0.15) is 0 Å². The van der Waals surface area contributed by atoms with Crippen LogP contribution in [0.5, 0.6) is 0 Å². The summed E-state index contributed by atoms with van der Waals surface area (Å²) in [5.41, 5.74) is 0.267. The lowest BCUT2D eigenvalue weighted by molar-refractivity contribution is -0.00522. The van der Waals surface area contributed by atoms with Crippen molar-refractivity contribution in [2.45, 2.75) is 51.0 Å². The molecule has 0 atom stereocenters. The Morgan fingerprint density at radius 2 is 2.04 bits per heavy atom. The van der Waals surface area contributed by atoms with Crippen LogP contribution >= 0.6 is 0 Å². The number of likely N-dealkylation sites (tertiary alicyclic amines) is 2. The van der Waals surface area contributed by atoms with E-state index in [4.69, 9.17) is 9.63 Å². The summed E-state index contributed by atoms with van der Waals surface area (Å²) in [7, 11) is 0. The molecular weight excluding hydrogens is 296 g/mol. The highest BCUT2D eigenvalue weighted by molar-refractivity contribution is 5.65. The summed E-state index contributed by atoms with van der Waals surface area (Å²) in [5, 5.41) is 13.0. The number of hydrogen-bond donors (Lipinski definition) is 1. The summed E-state index contributed by atoms with van der Waals surface area (Å²) in [6.45, 7) is 5.46. The minimum atomic E-state index is -0.763. The Morgan fingerprint density at radius 1 is 1.30 bits per heavy atom. The highest BCUT2D eigenvalue weighted by atomic mass is 16.5. The number of aryl methyl sites for hydroxylation is 1. The molecule has 1 aliphatic carbocycles. The van der Waals surface area contributed by atoms with Gasteiger partial charge in [0, 0.05) is 25.0 Å². The van der Waals surface area contributed by atoms with E-state index in [0.717, 1.165) is 57.6 Å². The van der Waals surface area contributed by atoms with Crippen LogP contribution in [-0.2, 0) is 0 Å². The second-order valence-corrected chi connectivity index (χ2v) is 7.51. The molecule has 7 heteroatoms. The first-order valence-corrected chi connectivity index (χ1v) is 8.57. The van der Waals surface area contributed by atoms with Crippen molar-refractivity contribution in [1.82, 2.24) is 19.9 Å². The third kappa shape index (κ3) is 2.71. The van der Waals surface area contributed by atoms with Crippen molar-refractivity contribution in [2.24, 2.45) is 5.41 Å². The highest BCUT2D eigenvalue weighted by Crippen LogP contribution is 2.50. The quantitative estimate of drug-likeness (QED) is 0.898. The Bertz CT molecular complexity index is 588. The molecule has 23 heavy (non-hydrogen) atoms. The van der Waals surface area contributed by atoms with Gasteiger partial charge in [-0.3, -0.25) is 0 Å². The van der Waals surface area contributed by atoms with E-state index in [-0.39, 0.29) is 5.41 Å². The molecule has 4 rings (SSSR count). The maximum Gasteiger partial charge on any atom is 0.407 e. The molecule has 1 spiro atoms. The summed E-state index contributed by atoms with van der Waals surface area (Å²) in [6, 6.07) is 0.633. The Hall–Kier alpha value is -1.63. The Morgan fingerprint density at radius 3 is 2.61 bits per heavy atom. The molecule has 3 heterocycles. The fraction of sp³-hybridized carbons (Fsp3) is 0.812. The van der Waals surface area contributed by atoms with Gasteiger partial charge in [0.25, 0.3) is 0 Å². The van der Waals surface area contributed by atoms with Gasteiger partial charge in [-0.1, -0.05) is 5.16 Å². The first kappa shape index (κ1) is 14.9. The van der Waals surface area contributed by atoms with Crippen molar-refractivity contribution in [2.75, 3.05) is 26.2 Å². The average Bonchev–Trinajstić information content (AvgIpc) is 3.12. The largest absolute Gasteiger partial charge is 0.465 e. The van der Waals surface area contributed by atoms with Crippen molar-refractivity contribution in [3.63, 3.8) is 0 Å². The third-order valence-electron chi connectivity index (χ3n) is 5.98. The second-order valence-electron chi connectivity index (χ2n) is 7.51. The van der Waals surface area contributed by atoms with Crippen molar-refractivity contribution < 1.29 is 14.4 Å². The topological polar surface area (TPSA) is 82.7 Å². The molecule has 0 unspecified atom stereocenters. The van der Waals surface area contributed by atoms with E-state index in [1.807, 2.05) is 6.92 Å². The molecule has 2 aliphatic heterocycles. The van der Waals surface area contributed by atoms with Crippen molar-refractivity contribution in [3.05, 3.63) is 11.7 Å². The van der Waals surface area contributed by atoms with Gasteiger partial charge in [0.05, 0.1) is 0 Å². The monoisotopic (exact) mass is 320 g/mol. The number of rotatable bonds is 2. The summed E-state index contributed by atoms with van der Waals surface area (Å²) in [5.74, 6) is 1.91. The summed E-state index contributed by atoms with van der Waals surface area (Å²) < 4.78 is 5.31. The van der Waals surface area contributed by atoms with Gasteiger partial charge < -0.3 is 19.4 Å². The molecular formula is C16H24N4O3. The standard InChI is InChI=1S/C16H24N4O3/c1-11-17-14(23-18-11)12-2-5-19(6-3-12)13-8-16(9-13)4-7-20(10-16)15(21)22/h12-13H,2-10H2,1H3,(H,21,22). The minimum absolute atomic E-state index is 0.267. The summed E-state index contributed by atoms with van der Waals surface area (Å²) in [6.07, 6.45) is 4.73. The fourth-order valence-corrected chi connectivity index (χ4v) is 4.62. The van der Waals surface area contributed by atoms with Gasteiger partial charge in [0.15, 0.2) is 5.82 Å². The van der Waals surface area contributed by atoms with Gasteiger partial charge in [0.2, 0.25) is 5.89 Å². The maximum absolute atomic E-state index is 11.1. The Balaban J connectivity index is 1.27. The fourth-order valence-electron chi connectivity index (χ4n) is 4.62. The molecule has 0 aromatic carbocycles. The van der Waals surface area contributed by atoms with Crippen LogP contribution in [0.25, 0.3) is 0 Å². The van der Waals surface area contributed by atoms with Gasteiger partial charge in [-0.05, 0) is 57.5 Å². The average molecular weight is 320 g/mol. The molecule has 0 bridgehead atoms. The van der Waals surface area contributed by atoms with Crippen LogP contribution in [0.15, 0.2) is 4.52 Å².